The zero-order valence-corrected chi connectivity index (χ0v) is 14.9. The zero-order valence-electron chi connectivity index (χ0n) is 14.9. The number of hydrogen-bond acceptors (Lipinski definition) is 2. The van der Waals surface area contributed by atoms with Gasteiger partial charge in [0.1, 0.15) is 0 Å². The standard InChI is InChI=1S/C21H30O3/c1-20-11-4-3-5-13(20)6-7-14-15-8-9-17(18(22)19(23)24)21(15,2)12-10-16(14)20/h3,5-6,14-18,22H,4,7-12H2,1-2H3,(H,23,24)/t14-,15-,16-,17+,18?,20-,21-/m0/s1. The van der Waals surface area contributed by atoms with Crippen molar-refractivity contribution in [1.29, 1.82) is 0 Å². The molecule has 4 aliphatic carbocycles. The Morgan fingerprint density at radius 1 is 1.21 bits per heavy atom. The van der Waals surface area contributed by atoms with Crippen molar-refractivity contribution >= 4 is 5.97 Å². The number of carboxylic acids is 1. The van der Waals surface area contributed by atoms with Crippen molar-refractivity contribution in [1.82, 2.24) is 0 Å². The molecule has 1 unspecified atom stereocenters. The first-order valence-electron chi connectivity index (χ1n) is 9.66. The molecule has 132 valence electrons. The number of aliphatic hydroxyl groups excluding tert-OH is 1. The Balaban J connectivity index is 1.65. The van der Waals surface area contributed by atoms with Crippen molar-refractivity contribution in [3.63, 3.8) is 0 Å². The molecule has 3 heteroatoms. The van der Waals surface area contributed by atoms with Gasteiger partial charge in [-0.3, -0.25) is 0 Å². The van der Waals surface area contributed by atoms with Crippen LogP contribution in [0, 0.1) is 34.5 Å². The lowest BCUT2D eigenvalue weighted by molar-refractivity contribution is -0.154. The van der Waals surface area contributed by atoms with Crippen LogP contribution in [0.1, 0.15) is 58.8 Å². The molecule has 0 aromatic heterocycles. The van der Waals surface area contributed by atoms with Crippen LogP contribution < -0.4 is 0 Å². The summed E-state index contributed by atoms with van der Waals surface area (Å²) in [4.78, 5) is 11.4. The van der Waals surface area contributed by atoms with E-state index < -0.39 is 12.1 Å². The van der Waals surface area contributed by atoms with E-state index in [1.807, 2.05) is 0 Å². The molecule has 0 bridgehead atoms. The molecule has 0 aliphatic heterocycles. The third kappa shape index (κ3) is 2.09. The van der Waals surface area contributed by atoms with Gasteiger partial charge in [0, 0.05) is 5.92 Å². The lowest BCUT2D eigenvalue weighted by atomic mass is 9.48. The van der Waals surface area contributed by atoms with Gasteiger partial charge in [-0.2, -0.15) is 0 Å². The average molecular weight is 330 g/mol. The van der Waals surface area contributed by atoms with Crippen LogP contribution in [0.5, 0.6) is 0 Å². The maximum atomic E-state index is 11.4. The highest BCUT2D eigenvalue weighted by atomic mass is 16.4. The molecule has 0 aromatic rings. The third-order valence-corrected chi connectivity index (χ3v) is 8.36. The van der Waals surface area contributed by atoms with Crippen LogP contribution in [0.25, 0.3) is 0 Å². The fourth-order valence-electron chi connectivity index (χ4n) is 7.03. The van der Waals surface area contributed by atoms with E-state index in [4.69, 9.17) is 0 Å². The summed E-state index contributed by atoms with van der Waals surface area (Å²) in [7, 11) is 0. The molecule has 2 N–H and O–H groups in total. The molecule has 0 heterocycles. The average Bonchev–Trinajstić information content (AvgIpc) is 2.90. The van der Waals surface area contributed by atoms with Crippen molar-refractivity contribution in [2.45, 2.75) is 64.9 Å². The smallest absolute Gasteiger partial charge is 0.332 e. The van der Waals surface area contributed by atoms with Gasteiger partial charge >= 0.3 is 5.97 Å². The second kappa shape index (κ2) is 5.45. The summed E-state index contributed by atoms with van der Waals surface area (Å²) in [5, 5.41) is 19.6. The van der Waals surface area contributed by atoms with E-state index in [2.05, 4.69) is 32.1 Å². The molecule has 0 radical (unpaired) electrons. The minimum atomic E-state index is -1.19. The van der Waals surface area contributed by atoms with Crippen LogP contribution in [0.4, 0.5) is 0 Å². The Kier molecular flexibility index (Phi) is 3.72. The van der Waals surface area contributed by atoms with E-state index in [9.17, 15) is 15.0 Å². The highest BCUT2D eigenvalue weighted by Crippen LogP contribution is 2.66. The molecule has 7 atom stereocenters. The van der Waals surface area contributed by atoms with Crippen LogP contribution in [-0.4, -0.2) is 22.3 Å². The topological polar surface area (TPSA) is 57.5 Å². The molecule has 0 saturated heterocycles. The Morgan fingerprint density at radius 3 is 2.75 bits per heavy atom. The Morgan fingerprint density at radius 2 is 2.00 bits per heavy atom. The van der Waals surface area contributed by atoms with E-state index in [0.717, 1.165) is 31.6 Å². The second-order valence-electron chi connectivity index (χ2n) is 9.14. The number of aliphatic hydroxyl groups is 1. The fourth-order valence-corrected chi connectivity index (χ4v) is 7.03. The summed E-state index contributed by atoms with van der Waals surface area (Å²) in [6.07, 6.45) is 13.7. The van der Waals surface area contributed by atoms with E-state index in [-0.39, 0.29) is 11.3 Å². The SMILES string of the molecule is C[C@]12CC[C@H]3[C@@H](CC=C4C=CCC[C@@]43C)[C@@H]1CC[C@@H]2C(O)C(=O)O. The van der Waals surface area contributed by atoms with Crippen LogP contribution in [-0.2, 0) is 4.79 Å². The van der Waals surface area contributed by atoms with E-state index in [1.165, 1.54) is 19.3 Å². The van der Waals surface area contributed by atoms with Gasteiger partial charge in [0.05, 0.1) is 0 Å². The minimum Gasteiger partial charge on any atom is -0.479 e. The number of allylic oxidation sites excluding steroid dienone is 4. The Bertz CT molecular complexity index is 606. The van der Waals surface area contributed by atoms with E-state index in [0.29, 0.717) is 17.3 Å². The second-order valence-corrected chi connectivity index (χ2v) is 9.14. The number of hydrogen-bond donors (Lipinski definition) is 2. The minimum absolute atomic E-state index is 0.00875. The van der Waals surface area contributed by atoms with Gasteiger partial charge in [0.15, 0.2) is 6.10 Å². The van der Waals surface area contributed by atoms with Crippen LogP contribution in [0.3, 0.4) is 0 Å². The highest BCUT2D eigenvalue weighted by Gasteiger charge is 2.59. The van der Waals surface area contributed by atoms with Gasteiger partial charge in [-0.1, -0.05) is 32.1 Å². The van der Waals surface area contributed by atoms with Crippen molar-refractivity contribution in [3.05, 3.63) is 23.8 Å². The number of carbonyl (C=O) groups is 1. The molecule has 2 fully saturated rings. The molecule has 0 aromatic carbocycles. The van der Waals surface area contributed by atoms with Gasteiger partial charge in [-0.15, -0.1) is 0 Å². The van der Waals surface area contributed by atoms with Gasteiger partial charge in [-0.05, 0) is 79.1 Å². The molecular formula is C21H30O3. The van der Waals surface area contributed by atoms with Gasteiger partial charge < -0.3 is 10.2 Å². The van der Waals surface area contributed by atoms with Gasteiger partial charge in [0.2, 0.25) is 0 Å². The van der Waals surface area contributed by atoms with Crippen LogP contribution in [0.15, 0.2) is 23.8 Å². The summed E-state index contributed by atoms with van der Waals surface area (Å²) in [6.45, 7) is 4.72. The summed E-state index contributed by atoms with van der Waals surface area (Å²) < 4.78 is 0. The van der Waals surface area contributed by atoms with Crippen LogP contribution >= 0.6 is 0 Å². The first kappa shape index (κ1) is 16.4. The molecule has 0 spiro atoms. The van der Waals surface area contributed by atoms with Crippen molar-refractivity contribution < 1.29 is 15.0 Å². The molecule has 0 amide bonds. The molecule has 4 aliphatic rings. The summed E-state index contributed by atoms with van der Waals surface area (Å²) >= 11 is 0. The molecule has 2 saturated carbocycles. The normalized spacial score (nSPS) is 48.0. The fraction of sp³-hybridized carbons (Fsp3) is 0.762. The Hall–Kier alpha value is -1.09. The van der Waals surface area contributed by atoms with E-state index >= 15 is 0 Å². The monoisotopic (exact) mass is 330 g/mol. The summed E-state index contributed by atoms with van der Waals surface area (Å²) in [5.74, 6) is 0.830. The lowest BCUT2D eigenvalue weighted by Gasteiger charge is -2.57. The van der Waals surface area contributed by atoms with Gasteiger partial charge in [0.25, 0.3) is 0 Å². The Labute approximate surface area is 144 Å². The van der Waals surface area contributed by atoms with Crippen molar-refractivity contribution in [2.24, 2.45) is 34.5 Å². The maximum absolute atomic E-state index is 11.4. The largest absolute Gasteiger partial charge is 0.479 e. The third-order valence-electron chi connectivity index (χ3n) is 8.36. The maximum Gasteiger partial charge on any atom is 0.332 e. The number of rotatable bonds is 2. The van der Waals surface area contributed by atoms with Crippen LogP contribution in [0.2, 0.25) is 0 Å². The van der Waals surface area contributed by atoms with Gasteiger partial charge in [-0.25, -0.2) is 4.79 Å². The summed E-state index contributed by atoms with van der Waals surface area (Å²) in [6, 6.07) is 0. The first-order valence-corrected chi connectivity index (χ1v) is 9.66. The molecule has 24 heavy (non-hydrogen) atoms. The number of aliphatic carboxylic acids is 1. The zero-order chi connectivity index (χ0) is 17.1. The summed E-state index contributed by atoms with van der Waals surface area (Å²) in [5.41, 5.74) is 1.84. The number of fused-ring (bicyclic) bond motifs is 5. The molecule has 3 nitrogen and oxygen atoms in total. The van der Waals surface area contributed by atoms with Crippen molar-refractivity contribution in [2.75, 3.05) is 0 Å². The number of carboxylic acid groups (broad SMARTS) is 1. The lowest BCUT2D eigenvalue weighted by Crippen LogP contribution is -2.51. The van der Waals surface area contributed by atoms with Crippen molar-refractivity contribution in [3.8, 4) is 0 Å². The first-order chi connectivity index (χ1) is 11.4. The highest BCUT2D eigenvalue weighted by molar-refractivity contribution is 5.72. The predicted octanol–water partition coefficient (Wildman–Crippen LogP) is 4.18. The predicted molar refractivity (Wildman–Crippen MR) is 93.4 cm³/mol. The quantitative estimate of drug-likeness (QED) is 0.798. The van der Waals surface area contributed by atoms with E-state index in [1.54, 1.807) is 5.57 Å². The molecular weight excluding hydrogens is 300 g/mol. The molecule has 4 rings (SSSR count).